The number of nitrogens with one attached hydrogen (secondary N) is 1. The summed E-state index contributed by atoms with van der Waals surface area (Å²) in [6, 6.07) is 5.12. The molecule has 0 aliphatic heterocycles. The van der Waals surface area contributed by atoms with Gasteiger partial charge in [-0.15, -0.1) is 11.8 Å². The van der Waals surface area contributed by atoms with E-state index in [-0.39, 0.29) is 17.4 Å². The summed E-state index contributed by atoms with van der Waals surface area (Å²) >= 11 is 0.0969. The number of para-hydroxylation sites is 2. The van der Waals surface area contributed by atoms with E-state index in [1.807, 2.05) is 0 Å². The van der Waals surface area contributed by atoms with Crippen molar-refractivity contribution in [2.24, 2.45) is 0 Å². The Morgan fingerprint density at radius 1 is 1.04 bits per heavy atom. The molecule has 0 heterocycles. The zero-order chi connectivity index (χ0) is 19.6. The maximum absolute atomic E-state index is 13.7. The quantitative estimate of drug-likeness (QED) is 0.204. The number of nitro benzene ring substituents is 1. The van der Waals surface area contributed by atoms with E-state index < -0.39 is 55.7 Å². The van der Waals surface area contributed by atoms with Gasteiger partial charge in [0.2, 0.25) is 11.7 Å². The van der Waals surface area contributed by atoms with Gasteiger partial charge in [0, 0.05) is 6.07 Å². The number of hydrogen-bond acceptors (Lipinski definition) is 4. The van der Waals surface area contributed by atoms with Crippen molar-refractivity contribution in [3.05, 3.63) is 63.5 Å². The van der Waals surface area contributed by atoms with Crippen LogP contribution in [-0.4, -0.2) is 16.1 Å². The fourth-order valence-electron chi connectivity index (χ4n) is 1.89. The fourth-order valence-corrected chi connectivity index (χ4v) is 2.80. The number of benzene rings is 2. The molecule has 1 atom stereocenters. The summed E-state index contributed by atoms with van der Waals surface area (Å²) in [4.78, 5) is 21.0. The SMILES string of the molecule is C[C@H](Sc1c(F)c(F)c(F)c(F)c1F)C(=O)Nc1ccccc1[N+](=O)[O-]. The van der Waals surface area contributed by atoms with Gasteiger partial charge in [-0.25, -0.2) is 22.0 Å². The van der Waals surface area contributed by atoms with Crippen LogP contribution >= 0.6 is 11.8 Å². The molecule has 0 aromatic heterocycles. The molecule has 0 bridgehead atoms. The van der Waals surface area contributed by atoms with Gasteiger partial charge >= 0.3 is 0 Å². The normalized spacial score (nSPS) is 11.9. The zero-order valence-corrected chi connectivity index (χ0v) is 13.7. The van der Waals surface area contributed by atoms with Crippen molar-refractivity contribution < 1.29 is 31.7 Å². The zero-order valence-electron chi connectivity index (χ0n) is 12.9. The van der Waals surface area contributed by atoms with Crippen molar-refractivity contribution in [1.82, 2.24) is 0 Å². The monoisotopic (exact) mass is 392 g/mol. The van der Waals surface area contributed by atoms with Gasteiger partial charge in [0.1, 0.15) is 5.69 Å². The molecule has 0 unspecified atom stereocenters. The van der Waals surface area contributed by atoms with Crippen LogP contribution in [0.4, 0.5) is 33.3 Å². The van der Waals surface area contributed by atoms with Crippen LogP contribution in [0.15, 0.2) is 29.2 Å². The molecule has 5 nitrogen and oxygen atoms in total. The van der Waals surface area contributed by atoms with Gasteiger partial charge in [0.15, 0.2) is 23.3 Å². The molecule has 26 heavy (non-hydrogen) atoms. The van der Waals surface area contributed by atoms with Crippen LogP contribution in [0.1, 0.15) is 6.92 Å². The van der Waals surface area contributed by atoms with E-state index in [0.717, 1.165) is 13.0 Å². The van der Waals surface area contributed by atoms with Crippen LogP contribution in [0.3, 0.4) is 0 Å². The smallest absolute Gasteiger partial charge is 0.292 e. The summed E-state index contributed by atoms with van der Waals surface area (Å²) in [6.07, 6.45) is 0. The van der Waals surface area contributed by atoms with Crippen LogP contribution in [0, 0.1) is 39.2 Å². The van der Waals surface area contributed by atoms with Crippen LogP contribution in [0.5, 0.6) is 0 Å². The third kappa shape index (κ3) is 3.77. The Labute approximate surface area is 147 Å². The van der Waals surface area contributed by atoms with E-state index in [2.05, 4.69) is 5.32 Å². The lowest BCUT2D eigenvalue weighted by Gasteiger charge is -2.14. The number of carbonyl (C=O) groups excluding carboxylic acids is 1. The van der Waals surface area contributed by atoms with Gasteiger partial charge < -0.3 is 5.32 Å². The summed E-state index contributed by atoms with van der Waals surface area (Å²) in [5.74, 6) is -11.6. The molecule has 11 heteroatoms. The van der Waals surface area contributed by atoms with Gasteiger partial charge in [0.25, 0.3) is 5.69 Å². The average Bonchev–Trinajstić information content (AvgIpc) is 2.62. The van der Waals surface area contributed by atoms with E-state index >= 15 is 0 Å². The lowest BCUT2D eigenvalue weighted by atomic mass is 10.2. The Hall–Kier alpha value is -2.69. The van der Waals surface area contributed by atoms with Crippen molar-refractivity contribution in [3.8, 4) is 0 Å². The Bertz CT molecular complexity index is 865. The highest BCUT2D eigenvalue weighted by molar-refractivity contribution is 8.00. The van der Waals surface area contributed by atoms with Crippen LogP contribution in [0.25, 0.3) is 0 Å². The average molecular weight is 392 g/mol. The molecule has 138 valence electrons. The van der Waals surface area contributed by atoms with Crippen LogP contribution in [0.2, 0.25) is 0 Å². The van der Waals surface area contributed by atoms with Crippen molar-refractivity contribution in [2.45, 2.75) is 17.1 Å². The molecular weight excluding hydrogens is 383 g/mol. The summed E-state index contributed by atoms with van der Waals surface area (Å²) in [5, 5.41) is 11.8. The first-order chi connectivity index (χ1) is 12.1. The molecule has 1 N–H and O–H groups in total. The molecule has 1 amide bonds. The van der Waals surface area contributed by atoms with E-state index in [1.54, 1.807) is 0 Å². The molecule has 0 saturated carbocycles. The number of rotatable bonds is 5. The number of carbonyl (C=O) groups is 1. The van der Waals surface area contributed by atoms with Gasteiger partial charge in [-0.2, -0.15) is 0 Å². The second-order valence-corrected chi connectivity index (χ2v) is 6.27. The molecule has 2 aromatic rings. The van der Waals surface area contributed by atoms with Crippen molar-refractivity contribution >= 4 is 29.0 Å². The number of nitrogens with zero attached hydrogens (tertiary/aromatic N) is 1. The second kappa shape index (κ2) is 7.68. The minimum Gasteiger partial charge on any atom is -0.319 e. The third-order valence-electron chi connectivity index (χ3n) is 3.19. The summed E-state index contributed by atoms with van der Waals surface area (Å²) < 4.78 is 66.7. The van der Waals surface area contributed by atoms with Gasteiger partial charge in [-0.3, -0.25) is 14.9 Å². The molecule has 0 aliphatic rings. The molecule has 0 radical (unpaired) electrons. The molecule has 0 fully saturated rings. The third-order valence-corrected chi connectivity index (χ3v) is 4.35. The largest absolute Gasteiger partial charge is 0.319 e. The number of hydrogen-bond donors (Lipinski definition) is 1. The highest BCUT2D eigenvalue weighted by Crippen LogP contribution is 2.34. The molecule has 0 aliphatic carbocycles. The van der Waals surface area contributed by atoms with Crippen molar-refractivity contribution in [2.75, 3.05) is 5.32 Å². The van der Waals surface area contributed by atoms with Crippen LogP contribution in [-0.2, 0) is 4.79 Å². The molecule has 0 spiro atoms. The van der Waals surface area contributed by atoms with Gasteiger partial charge in [0.05, 0.1) is 15.1 Å². The number of thioether (sulfide) groups is 1. The Kier molecular flexibility index (Phi) is 5.80. The van der Waals surface area contributed by atoms with E-state index in [0.29, 0.717) is 0 Å². The maximum Gasteiger partial charge on any atom is 0.292 e. The first-order valence-corrected chi connectivity index (χ1v) is 7.75. The summed E-state index contributed by atoms with van der Waals surface area (Å²) in [5.41, 5.74) is -0.596. The standard InChI is InChI=1S/C15H9F5N2O3S/c1-6(15(23)21-7-4-2-3-5-8(7)22(24)25)26-14-12(19)10(17)9(16)11(18)13(14)20/h2-6H,1H3,(H,21,23)/t6-/m0/s1. The fraction of sp³-hybridized carbons (Fsp3) is 0.133. The summed E-state index contributed by atoms with van der Waals surface area (Å²) in [7, 11) is 0. The maximum atomic E-state index is 13.7. The predicted molar refractivity (Wildman–Crippen MR) is 83.3 cm³/mol. The lowest BCUT2D eigenvalue weighted by molar-refractivity contribution is -0.383. The number of anilines is 1. The summed E-state index contributed by atoms with van der Waals surface area (Å²) in [6.45, 7) is 1.15. The lowest BCUT2D eigenvalue weighted by Crippen LogP contribution is -2.23. The second-order valence-electron chi connectivity index (χ2n) is 4.92. The van der Waals surface area contributed by atoms with Crippen molar-refractivity contribution in [3.63, 3.8) is 0 Å². The molecular formula is C15H9F5N2O3S. The highest BCUT2D eigenvalue weighted by Gasteiger charge is 2.29. The van der Waals surface area contributed by atoms with E-state index in [4.69, 9.17) is 0 Å². The Morgan fingerprint density at radius 2 is 1.54 bits per heavy atom. The minimum absolute atomic E-state index is 0.0969. The number of halogens is 5. The van der Waals surface area contributed by atoms with Crippen molar-refractivity contribution in [1.29, 1.82) is 0 Å². The number of nitro groups is 1. The van der Waals surface area contributed by atoms with E-state index in [9.17, 15) is 36.9 Å². The first kappa shape index (κ1) is 19.6. The minimum atomic E-state index is -2.30. The van der Waals surface area contributed by atoms with Gasteiger partial charge in [-0.1, -0.05) is 12.1 Å². The predicted octanol–water partition coefficient (Wildman–Crippen LogP) is 4.41. The van der Waals surface area contributed by atoms with Crippen LogP contribution < -0.4 is 5.32 Å². The van der Waals surface area contributed by atoms with E-state index in [1.165, 1.54) is 18.2 Å². The molecule has 2 aromatic carbocycles. The van der Waals surface area contributed by atoms with Gasteiger partial charge in [-0.05, 0) is 13.0 Å². The Balaban J connectivity index is 2.25. The highest BCUT2D eigenvalue weighted by atomic mass is 32.2. The number of amides is 1. The topological polar surface area (TPSA) is 72.2 Å². The molecule has 2 rings (SSSR count). The molecule has 0 saturated heterocycles. The first-order valence-electron chi connectivity index (χ1n) is 6.87. The Morgan fingerprint density at radius 3 is 2.08 bits per heavy atom.